The third-order valence-corrected chi connectivity index (χ3v) is 3.68. The maximum absolute atomic E-state index is 6.10. The molecule has 1 heterocycles. The zero-order valence-electron chi connectivity index (χ0n) is 10.3. The normalized spacial score (nSPS) is 23.9. The smallest absolute Gasteiger partial charge is 0.129 e. The van der Waals surface area contributed by atoms with Gasteiger partial charge in [0.25, 0.3) is 0 Å². The molecule has 1 aromatic rings. The second-order valence-electron chi connectivity index (χ2n) is 4.80. The van der Waals surface area contributed by atoms with Crippen molar-refractivity contribution in [3.63, 3.8) is 0 Å². The van der Waals surface area contributed by atoms with Crippen molar-refractivity contribution in [2.24, 2.45) is 5.92 Å². The van der Waals surface area contributed by atoms with E-state index < -0.39 is 0 Å². The van der Waals surface area contributed by atoms with E-state index in [9.17, 15) is 0 Å². The van der Waals surface area contributed by atoms with Crippen molar-refractivity contribution in [3.05, 3.63) is 18.1 Å². The Balaban J connectivity index is 1.83. The molecule has 0 spiro atoms. The van der Waals surface area contributed by atoms with Crippen LogP contribution >= 0.6 is 11.6 Å². The topological polar surface area (TPSA) is 37.8 Å². The molecule has 4 heteroatoms. The summed E-state index contributed by atoms with van der Waals surface area (Å²) in [6.07, 6.45) is 7.29. The molecule has 2 atom stereocenters. The highest BCUT2D eigenvalue weighted by Gasteiger charge is 2.22. The lowest BCUT2D eigenvalue weighted by Gasteiger charge is -2.11. The molecule has 1 fully saturated rings. The van der Waals surface area contributed by atoms with Gasteiger partial charge in [0.1, 0.15) is 12.1 Å². The average Bonchev–Trinajstić information content (AvgIpc) is 2.74. The lowest BCUT2D eigenvalue weighted by Crippen LogP contribution is -2.13. The zero-order valence-corrected chi connectivity index (χ0v) is 11.1. The number of alkyl halides is 1. The molecule has 0 radical (unpaired) electrons. The van der Waals surface area contributed by atoms with Gasteiger partial charge in [-0.05, 0) is 31.6 Å². The summed E-state index contributed by atoms with van der Waals surface area (Å²) in [5.41, 5.74) is 1.12. The molecule has 0 amide bonds. The average molecular weight is 254 g/mol. The minimum absolute atomic E-state index is 0.378. The zero-order chi connectivity index (χ0) is 12.1. The van der Waals surface area contributed by atoms with E-state index in [1.54, 1.807) is 6.33 Å². The fourth-order valence-corrected chi connectivity index (χ4v) is 2.71. The molecule has 3 nitrogen and oxygen atoms in total. The number of anilines is 1. The summed E-state index contributed by atoms with van der Waals surface area (Å²) in [5, 5.41) is 3.77. The van der Waals surface area contributed by atoms with Crippen LogP contribution in [-0.4, -0.2) is 21.9 Å². The van der Waals surface area contributed by atoms with E-state index in [4.69, 9.17) is 11.6 Å². The van der Waals surface area contributed by atoms with Gasteiger partial charge in [-0.15, -0.1) is 11.6 Å². The number of halogens is 1. The Morgan fingerprint density at radius 3 is 3.00 bits per heavy atom. The van der Waals surface area contributed by atoms with Gasteiger partial charge in [0, 0.05) is 23.7 Å². The Morgan fingerprint density at radius 2 is 2.29 bits per heavy atom. The van der Waals surface area contributed by atoms with Crippen LogP contribution in [-0.2, 0) is 6.42 Å². The third-order valence-electron chi connectivity index (χ3n) is 3.28. The highest BCUT2D eigenvalue weighted by Crippen LogP contribution is 2.29. The highest BCUT2D eigenvalue weighted by atomic mass is 35.5. The lowest BCUT2D eigenvalue weighted by atomic mass is 10.1. The lowest BCUT2D eigenvalue weighted by molar-refractivity contribution is 0.579. The number of hydrogen-bond acceptors (Lipinski definition) is 3. The van der Waals surface area contributed by atoms with Gasteiger partial charge >= 0.3 is 0 Å². The largest absolute Gasteiger partial charge is 0.370 e. The maximum atomic E-state index is 6.10. The number of hydrogen-bond donors (Lipinski definition) is 1. The fraction of sp³-hybridized carbons (Fsp3) is 0.692. The summed E-state index contributed by atoms with van der Waals surface area (Å²) >= 11 is 6.10. The number of nitrogens with zero attached hydrogens (tertiary/aromatic N) is 2. The minimum Gasteiger partial charge on any atom is -0.370 e. The van der Waals surface area contributed by atoms with Crippen molar-refractivity contribution in [2.45, 2.75) is 44.4 Å². The van der Waals surface area contributed by atoms with E-state index in [0.717, 1.165) is 43.7 Å². The van der Waals surface area contributed by atoms with E-state index in [1.807, 2.05) is 0 Å². The van der Waals surface area contributed by atoms with Crippen molar-refractivity contribution in [3.8, 4) is 0 Å². The Labute approximate surface area is 108 Å². The van der Waals surface area contributed by atoms with Crippen LogP contribution in [0.4, 0.5) is 5.82 Å². The molecule has 0 saturated heterocycles. The van der Waals surface area contributed by atoms with Crippen LogP contribution in [0.5, 0.6) is 0 Å². The van der Waals surface area contributed by atoms with E-state index in [-0.39, 0.29) is 0 Å². The summed E-state index contributed by atoms with van der Waals surface area (Å²) in [6.45, 7) is 3.14. The summed E-state index contributed by atoms with van der Waals surface area (Å²) in [5.74, 6) is 1.64. The first-order valence-electron chi connectivity index (χ1n) is 6.46. The monoisotopic (exact) mass is 253 g/mol. The second kappa shape index (κ2) is 6.20. The van der Waals surface area contributed by atoms with E-state index in [2.05, 4.69) is 28.3 Å². The van der Waals surface area contributed by atoms with Gasteiger partial charge in [-0.3, -0.25) is 0 Å². The van der Waals surface area contributed by atoms with Gasteiger partial charge in [-0.2, -0.15) is 0 Å². The van der Waals surface area contributed by atoms with Crippen LogP contribution in [0.1, 0.15) is 38.3 Å². The van der Waals surface area contributed by atoms with E-state index in [1.165, 1.54) is 6.42 Å². The van der Waals surface area contributed by atoms with Crippen molar-refractivity contribution in [1.29, 1.82) is 0 Å². The number of nitrogens with one attached hydrogen (secondary N) is 1. The van der Waals surface area contributed by atoms with Crippen molar-refractivity contribution in [2.75, 3.05) is 11.9 Å². The van der Waals surface area contributed by atoms with Crippen molar-refractivity contribution >= 4 is 17.4 Å². The van der Waals surface area contributed by atoms with Gasteiger partial charge in [-0.25, -0.2) is 9.97 Å². The molecule has 2 rings (SSSR count). The Kier molecular flexibility index (Phi) is 4.60. The summed E-state index contributed by atoms with van der Waals surface area (Å²) in [4.78, 5) is 8.50. The molecule has 0 aromatic carbocycles. The van der Waals surface area contributed by atoms with Gasteiger partial charge in [0.2, 0.25) is 0 Å². The Bertz CT molecular complexity index is 356. The molecule has 94 valence electrons. The van der Waals surface area contributed by atoms with Crippen LogP contribution in [0.25, 0.3) is 0 Å². The molecular weight excluding hydrogens is 234 g/mol. The highest BCUT2D eigenvalue weighted by molar-refractivity contribution is 6.20. The van der Waals surface area contributed by atoms with Gasteiger partial charge in [0.05, 0.1) is 0 Å². The van der Waals surface area contributed by atoms with Crippen LogP contribution < -0.4 is 5.32 Å². The number of aryl methyl sites for hydroxylation is 1. The van der Waals surface area contributed by atoms with Crippen LogP contribution in [0.3, 0.4) is 0 Å². The van der Waals surface area contributed by atoms with Gasteiger partial charge in [-0.1, -0.05) is 13.3 Å². The van der Waals surface area contributed by atoms with Crippen LogP contribution in [0, 0.1) is 5.92 Å². The molecule has 1 aromatic heterocycles. The maximum Gasteiger partial charge on any atom is 0.129 e. The summed E-state index contributed by atoms with van der Waals surface area (Å²) in [6, 6.07) is 2.05. The van der Waals surface area contributed by atoms with E-state index in [0.29, 0.717) is 11.3 Å². The fourth-order valence-electron chi connectivity index (χ4n) is 2.34. The molecule has 1 saturated carbocycles. The predicted molar refractivity (Wildman–Crippen MR) is 71.5 cm³/mol. The third kappa shape index (κ3) is 3.84. The summed E-state index contributed by atoms with van der Waals surface area (Å²) < 4.78 is 0. The predicted octanol–water partition coefficient (Wildman–Crippen LogP) is 3.25. The molecule has 0 bridgehead atoms. The standard InChI is InChI=1S/C13H20ClN3/c1-2-3-12-7-13(17-9-16-12)15-8-10-4-5-11(14)6-10/h7,9-11H,2-6,8H2,1H3,(H,15,16,17). The van der Waals surface area contributed by atoms with Gasteiger partial charge < -0.3 is 5.32 Å². The van der Waals surface area contributed by atoms with Crippen molar-refractivity contribution < 1.29 is 0 Å². The molecule has 1 aliphatic carbocycles. The SMILES string of the molecule is CCCc1cc(NCC2CCC(Cl)C2)ncn1. The Hall–Kier alpha value is -0.830. The molecule has 2 unspecified atom stereocenters. The number of aromatic nitrogens is 2. The first-order valence-corrected chi connectivity index (χ1v) is 6.90. The molecule has 0 aliphatic heterocycles. The molecule has 1 aliphatic rings. The Morgan fingerprint density at radius 1 is 1.41 bits per heavy atom. The molecule has 17 heavy (non-hydrogen) atoms. The van der Waals surface area contributed by atoms with Gasteiger partial charge in [0.15, 0.2) is 0 Å². The summed E-state index contributed by atoms with van der Waals surface area (Å²) in [7, 11) is 0. The van der Waals surface area contributed by atoms with Crippen molar-refractivity contribution in [1.82, 2.24) is 9.97 Å². The van der Waals surface area contributed by atoms with E-state index >= 15 is 0 Å². The van der Waals surface area contributed by atoms with Crippen LogP contribution in [0.15, 0.2) is 12.4 Å². The quantitative estimate of drug-likeness (QED) is 0.819. The number of rotatable bonds is 5. The van der Waals surface area contributed by atoms with Crippen LogP contribution in [0.2, 0.25) is 0 Å². The first kappa shape index (κ1) is 12.6. The first-order chi connectivity index (χ1) is 8.28. The molecule has 1 N–H and O–H groups in total. The second-order valence-corrected chi connectivity index (χ2v) is 5.42. The minimum atomic E-state index is 0.378. The molecular formula is C13H20ClN3.